The minimum Gasteiger partial charge on any atom is -0.481 e. The molecule has 2 nitrogen and oxygen atoms in total. The van der Waals surface area contributed by atoms with Gasteiger partial charge in [0.2, 0.25) is 0 Å². The van der Waals surface area contributed by atoms with E-state index in [1.165, 1.54) is 0 Å². The van der Waals surface area contributed by atoms with E-state index >= 15 is 0 Å². The van der Waals surface area contributed by atoms with Gasteiger partial charge in [-0.05, 0) is 18.3 Å². The highest BCUT2D eigenvalue weighted by Crippen LogP contribution is 2.23. The molecule has 1 N–H and O–H groups in total. The summed E-state index contributed by atoms with van der Waals surface area (Å²) in [4.78, 5) is 10.5. The van der Waals surface area contributed by atoms with Gasteiger partial charge in [-0.15, -0.1) is 0 Å². The van der Waals surface area contributed by atoms with E-state index < -0.39 is 5.97 Å². The van der Waals surface area contributed by atoms with E-state index in [-0.39, 0.29) is 12.3 Å². The molecule has 0 aliphatic rings. The first kappa shape index (κ1) is 11.2. The lowest BCUT2D eigenvalue weighted by Gasteiger charge is -2.18. The van der Waals surface area contributed by atoms with Gasteiger partial charge in [-0.25, -0.2) is 0 Å². The van der Waals surface area contributed by atoms with Crippen LogP contribution in [0.1, 0.15) is 33.6 Å². The van der Waals surface area contributed by atoms with Crippen LogP contribution in [0, 0.1) is 11.8 Å². The smallest absolute Gasteiger partial charge is 0.303 e. The molecule has 1 unspecified atom stereocenters. The van der Waals surface area contributed by atoms with Crippen LogP contribution in [0.25, 0.3) is 0 Å². The van der Waals surface area contributed by atoms with E-state index in [2.05, 4.69) is 6.58 Å². The van der Waals surface area contributed by atoms with Crippen LogP contribution in [0.5, 0.6) is 0 Å². The topological polar surface area (TPSA) is 37.3 Å². The Morgan fingerprint density at radius 3 is 2.25 bits per heavy atom. The highest BCUT2D eigenvalue weighted by Gasteiger charge is 2.16. The number of hydrogen-bond donors (Lipinski definition) is 1. The number of carboxylic acid groups (broad SMARTS) is 1. The van der Waals surface area contributed by atoms with Gasteiger partial charge in [-0.1, -0.05) is 32.9 Å². The van der Waals surface area contributed by atoms with Crippen LogP contribution in [0.15, 0.2) is 12.2 Å². The lowest BCUT2D eigenvalue weighted by molar-refractivity contribution is -0.137. The molecule has 0 aromatic carbocycles. The monoisotopic (exact) mass is 170 g/mol. The van der Waals surface area contributed by atoms with Crippen LogP contribution in [0.4, 0.5) is 0 Å². The first-order chi connectivity index (χ1) is 5.49. The van der Waals surface area contributed by atoms with Crippen molar-refractivity contribution in [1.82, 2.24) is 0 Å². The Morgan fingerprint density at radius 1 is 1.50 bits per heavy atom. The Bertz CT molecular complexity index is 171. The minimum absolute atomic E-state index is 0.141. The molecule has 0 radical (unpaired) electrons. The summed E-state index contributed by atoms with van der Waals surface area (Å²) in [5, 5.41) is 8.60. The number of rotatable bonds is 5. The second-order valence-electron chi connectivity index (χ2n) is 3.43. The van der Waals surface area contributed by atoms with Crippen molar-refractivity contribution in [3.63, 3.8) is 0 Å². The third-order valence-electron chi connectivity index (χ3n) is 2.18. The van der Waals surface area contributed by atoms with Gasteiger partial charge in [0.05, 0.1) is 6.42 Å². The van der Waals surface area contributed by atoms with Crippen molar-refractivity contribution in [2.24, 2.45) is 11.8 Å². The summed E-state index contributed by atoms with van der Waals surface area (Å²) in [6.07, 6.45) is 1.08. The predicted octanol–water partition coefficient (Wildman–Crippen LogP) is 2.70. The first-order valence-electron chi connectivity index (χ1n) is 4.39. The number of carboxylic acids is 1. The fourth-order valence-electron chi connectivity index (χ4n) is 1.22. The van der Waals surface area contributed by atoms with Crippen molar-refractivity contribution in [2.45, 2.75) is 33.6 Å². The van der Waals surface area contributed by atoms with Crippen LogP contribution in [-0.4, -0.2) is 11.1 Å². The first-order valence-corrected chi connectivity index (χ1v) is 4.39. The standard InChI is InChI=1S/C10H18O2/c1-5-9(6-10(11)12)8(4)7(2)3/h7,9H,4-6H2,1-3H3,(H,11,12). The van der Waals surface area contributed by atoms with E-state index in [4.69, 9.17) is 5.11 Å². The van der Waals surface area contributed by atoms with E-state index in [1.54, 1.807) is 0 Å². The number of carbonyl (C=O) groups is 1. The molecule has 1 atom stereocenters. The third kappa shape index (κ3) is 3.56. The Balaban J connectivity index is 4.15. The van der Waals surface area contributed by atoms with Crippen molar-refractivity contribution in [1.29, 1.82) is 0 Å². The van der Waals surface area contributed by atoms with Gasteiger partial charge in [0.1, 0.15) is 0 Å². The van der Waals surface area contributed by atoms with Crippen LogP contribution in [0.3, 0.4) is 0 Å². The van der Waals surface area contributed by atoms with E-state index in [1.807, 2.05) is 20.8 Å². The lowest BCUT2D eigenvalue weighted by atomic mass is 9.87. The quantitative estimate of drug-likeness (QED) is 0.644. The average Bonchev–Trinajstić information content (AvgIpc) is 1.98. The third-order valence-corrected chi connectivity index (χ3v) is 2.18. The van der Waals surface area contributed by atoms with E-state index in [0.717, 1.165) is 12.0 Å². The van der Waals surface area contributed by atoms with Gasteiger partial charge in [-0.3, -0.25) is 4.79 Å². The summed E-state index contributed by atoms with van der Waals surface area (Å²) < 4.78 is 0. The fraction of sp³-hybridized carbons (Fsp3) is 0.700. The molecule has 0 aromatic rings. The zero-order chi connectivity index (χ0) is 9.72. The van der Waals surface area contributed by atoms with Crippen molar-refractivity contribution >= 4 is 5.97 Å². The zero-order valence-electron chi connectivity index (χ0n) is 8.13. The summed E-state index contributed by atoms with van der Waals surface area (Å²) in [5.41, 5.74) is 1.06. The molecule has 0 aromatic heterocycles. The Labute approximate surface area is 74.3 Å². The van der Waals surface area contributed by atoms with Crippen molar-refractivity contribution in [3.05, 3.63) is 12.2 Å². The fourth-order valence-corrected chi connectivity index (χ4v) is 1.22. The van der Waals surface area contributed by atoms with Gasteiger partial charge in [0.25, 0.3) is 0 Å². The lowest BCUT2D eigenvalue weighted by Crippen LogP contribution is -2.12. The minimum atomic E-state index is -0.733. The molecule has 0 spiro atoms. The molecular formula is C10H18O2. The molecule has 70 valence electrons. The van der Waals surface area contributed by atoms with E-state index in [9.17, 15) is 4.79 Å². The second kappa shape index (κ2) is 4.96. The SMILES string of the molecule is C=C(C(C)C)C(CC)CC(=O)O. The number of allylic oxidation sites excluding steroid dienone is 1. The highest BCUT2D eigenvalue weighted by molar-refractivity contribution is 5.67. The summed E-state index contributed by atoms with van der Waals surface area (Å²) in [5.74, 6) is -0.208. The van der Waals surface area contributed by atoms with Gasteiger partial charge in [-0.2, -0.15) is 0 Å². The summed E-state index contributed by atoms with van der Waals surface area (Å²) in [6, 6.07) is 0. The summed E-state index contributed by atoms with van der Waals surface area (Å²) in [6.45, 7) is 10.0. The largest absolute Gasteiger partial charge is 0.481 e. The molecule has 0 saturated heterocycles. The average molecular weight is 170 g/mol. The van der Waals surface area contributed by atoms with Gasteiger partial charge >= 0.3 is 5.97 Å². The Kier molecular flexibility index (Phi) is 4.64. The van der Waals surface area contributed by atoms with Gasteiger partial charge in [0.15, 0.2) is 0 Å². The number of hydrogen-bond acceptors (Lipinski definition) is 1. The van der Waals surface area contributed by atoms with Crippen molar-refractivity contribution < 1.29 is 9.90 Å². The molecule has 2 heteroatoms. The molecule has 0 bridgehead atoms. The van der Waals surface area contributed by atoms with Crippen LogP contribution >= 0.6 is 0 Å². The Hall–Kier alpha value is -0.790. The van der Waals surface area contributed by atoms with Gasteiger partial charge < -0.3 is 5.11 Å². The second-order valence-corrected chi connectivity index (χ2v) is 3.43. The number of aliphatic carboxylic acids is 1. The summed E-state index contributed by atoms with van der Waals surface area (Å²) >= 11 is 0. The normalized spacial score (nSPS) is 13.0. The maximum Gasteiger partial charge on any atom is 0.303 e. The maximum absolute atomic E-state index is 10.5. The molecular weight excluding hydrogens is 152 g/mol. The van der Waals surface area contributed by atoms with Crippen LogP contribution < -0.4 is 0 Å². The molecule has 0 saturated carbocycles. The molecule has 0 heterocycles. The molecule has 12 heavy (non-hydrogen) atoms. The molecule has 0 aliphatic carbocycles. The van der Waals surface area contributed by atoms with Crippen molar-refractivity contribution in [2.75, 3.05) is 0 Å². The molecule has 0 aliphatic heterocycles. The van der Waals surface area contributed by atoms with E-state index in [0.29, 0.717) is 5.92 Å². The van der Waals surface area contributed by atoms with Crippen LogP contribution in [0.2, 0.25) is 0 Å². The predicted molar refractivity (Wildman–Crippen MR) is 50.0 cm³/mol. The zero-order valence-corrected chi connectivity index (χ0v) is 8.13. The highest BCUT2D eigenvalue weighted by atomic mass is 16.4. The Morgan fingerprint density at radius 2 is 2.00 bits per heavy atom. The molecule has 0 fully saturated rings. The molecule has 0 rings (SSSR count). The molecule has 0 amide bonds. The van der Waals surface area contributed by atoms with Crippen molar-refractivity contribution in [3.8, 4) is 0 Å². The van der Waals surface area contributed by atoms with Gasteiger partial charge in [0, 0.05) is 0 Å². The maximum atomic E-state index is 10.5. The summed E-state index contributed by atoms with van der Waals surface area (Å²) in [7, 11) is 0. The van der Waals surface area contributed by atoms with Crippen LogP contribution in [-0.2, 0) is 4.79 Å².